The standard InChI is InChI=1S/C20H25F3N4O3/c1-8-12-14(27(10-3-4-10)19(29)25-18(12)28)16(30-2)15(13(8)21)26-6-9-5-20(22,23)17(24)11(9)7-26/h9-11,15-17H,3-7,24H2,1-2H3,(H,25,28,29). The van der Waals surface area contributed by atoms with Crippen LogP contribution in [-0.2, 0) is 4.74 Å². The number of alkyl halides is 2. The number of nitrogens with one attached hydrogen (secondary N) is 1. The fourth-order valence-corrected chi connectivity index (χ4v) is 5.70. The predicted molar refractivity (Wildman–Crippen MR) is 103 cm³/mol. The molecule has 0 radical (unpaired) electrons. The average molecular weight is 426 g/mol. The van der Waals surface area contributed by atoms with E-state index in [1.54, 1.807) is 4.90 Å². The number of halogens is 3. The van der Waals surface area contributed by atoms with E-state index in [9.17, 15) is 18.4 Å². The normalized spacial score (nSPS) is 35.6. The van der Waals surface area contributed by atoms with E-state index in [4.69, 9.17) is 10.5 Å². The van der Waals surface area contributed by atoms with Crippen LogP contribution in [0, 0.1) is 11.8 Å². The van der Waals surface area contributed by atoms with Crippen molar-refractivity contribution in [1.29, 1.82) is 0 Å². The first-order chi connectivity index (χ1) is 14.2. The molecule has 164 valence electrons. The quantitative estimate of drug-likeness (QED) is 0.765. The van der Waals surface area contributed by atoms with Crippen LogP contribution in [-0.4, -0.2) is 52.7 Å². The van der Waals surface area contributed by atoms with Crippen LogP contribution in [0.4, 0.5) is 13.2 Å². The molecule has 10 heteroatoms. The maximum Gasteiger partial charge on any atom is 0.328 e. The van der Waals surface area contributed by atoms with E-state index in [0.29, 0.717) is 5.69 Å². The molecule has 0 aromatic carbocycles. The van der Waals surface area contributed by atoms with Gasteiger partial charge in [-0.2, -0.15) is 0 Å². The summed E-state index contributed by atoms with van der Waals surface area (Å²) in [6.07, 6.45) is 0.382. The average Bonchev–Trinajstić information content (AvgIpc) is 3.38. The van der Waals surface area contributed by atoms with E-state index in [-0.39, 0.29) is 42.6 Å². The van der Waals surface area contributed by atoms with Crippen LogP contribution in [0.3, 0.4) is 0 Å². The summed E-state index contributed by atoms with van der Waals surface area (Å²) in [6.45, 7) is 2.00. The Morgan fingerprint density at radius 2 is 1.93 bits per heavy atom. The molecule has 2 heterocycles. The minimum atomic E-state index is -2.91. The third-order valence-corrected chi connectivity index (χ3v) is 7.29. The first kappa shape index (κ1) is 20.0. The second-order valence-corrected chi connectivity index (χ2v) is 9.06. The fourth-order valence-electron chi connectivity index (χ4n) is 5.70. The number of hydrogen-bond acceptors (Lipinski definition) is 5. The third kappa shape index (κ3) is 2.69. The topological polar surface area (TPSA) is 93.3 Å². The van der Waals surface area contributed by atoms with Crippen molar-refractivity contribution in [1.82, 2.24) is 14.5 Å². The lowest BCUT2D eigenvalue weighted by atomic mass is 9.88. The molecule has 1 aromatic rings. The van der Waals surface area contributed by atoms with E-state index >= 15 is 4.39 Å². The van der Waals surface area contributed by atoms with E-state index in [2.05, 4.69) is 4.98 Å². The molecule has 7 nitrogen and oxygen atoms in total. The Kier molecular flexibility index (Phi) is 4.37. The van der Waals surface area contributed by atoms with Crippen LogP contribution in [0.15, 0.2) is 15.4 Å². The lowest BCUT2D eigenvalue weighted by molar-refractivity contribution is -0.0267. The van der Waals surface area contributed by atoms with Crippen LogP contribution in [0.5, 0.6) is 0 Å². The first-order valence-corrected chi connectivity index (χ1v) is 10.3. The highest BCUT2D eigenvalue weighted by Crippen LogP contribution is 2.50. The second kappa shape index (κ2) is 6.54. The van der Waals surface area contributed by atoms with Crippen molar-refractivity contribution in [3.63, 3.8) is 0 Å². The number of methoxy groups -OCH3 is 1. The largest absolute Gasteiger partial charge is 0.373 e. The number of fused-ring (bicyclic) bond motifs is 2. The Morgan fingerprint density at radius 3 is 2.53 bits per heavy atom. The summed E-state index contributed by atoms with van der Waals surface area (Å²) in [5, 5.41) is 0. The van der Waals surface area contributed by atoms with Crippen molar-refractivity contribution >= 4 is 5.57 Å². The number of nitrogens with two attached hydrogens (primary N) is 1. The Hall–Kier alpha value is -1.91. The van der Waals surface area contributed by atoms with Gasteiger partial charge < -0.3 is 10.5 Å². The number of allylic oxidation sites excluding steroid dienone is 1. The number of aromatic nitrogens is 2. The Bertz CT molecular complexity index is 1040. The van der Waals surface area contributed by atoms with Gasteiger partial charge in [0, 0.05) is 32.7 Å². The number of nitrogens with zero attached hydrogens (tertiary/aromatic N) is 2. The van der Waals surface area contributed by atoms with E-state index in [0.717, 1.165) is 12.8 Å². The van der Waals surface area contributed by atoms with Gasteiger partial charge in [0.1, 0.15) is 11.9 Å². The molecule has 4 aliphatic rings. The summed E-state index contributed by atoms with van der Waals surface area (Å²) in [5.41, 5.74) is 5.30. The molecule has 0 spiro atoms. The van der Waals surface area contributed by atoms with Crippen LogP contribution < -0.4 is 17.0 Å². The van der Waals surface area contributed by atoms with Crippen LogP contribution in [0.25, 0.3) is 5.57 Å². The number of likely N-dealkylation sites (tertiary alicyclic amines) is 1. The van der Waals surface area contributed by atoms with Crippen LogP contribution in [0.1, 0.15) is 49.6 Å². The van der Waals surface area contributed by atoms with Crippen molar-refractivity contribution in [2.24, 2.45) is 17.6 Å². The first-order valence-electron chi connectivity index (χ1n) is 10.3. The molecule has 0 bridgehead atoms. The van der Waals surface area contributed by atoms with Crippen molar-refractivity contribution in [3.05, 3.63) is 37.9 Å². The molecule has 5 rings (SSSR count). The molecule has 5 unspecified atom stereocenters. The van der Waals surface area contributed by atoms with Gasteiger partial charge in [0.05, 0.1) is 23.3 Å². The van der Waals surface area contributed by atoms with Crippen molar-refractivity contribution in [2.45, 2.75) is 56.3 Å². The van der Waals surface area contributed by atoms with Crippen molar-refractivity contribution < 1.29 is 17.9 Å². The van der Waals surface area contributed by atoms with Gasteiger partial charge in [-0.25, -0.2) is 18.0 Å². The fraction of sp³-hybridized carbons (Fsp3) is 0.700. The molecule has 1 aromatic heterocycles. The zero-order valence-corrected chi connectivity index (χ0v) is 16.8. The van der Waals surface area contributed by atoms with Crippen LogP contribution in [0.2, 0.25) is 0 Å². The Labute approximate surface area is 170 Å². The van der Waals surface area contributed by atoms with E-state index in [1.807, 2.05) is 0 Å². The smallest absolute Gasteiger partial charge is 0.328 e. The van der Waals surface area contributed by atoms with E-state index < -0.39 is 47.1 Å². The van der Waals surface area contributed by atoms with Crippen molar-refractivity contribution in [2.75, 3.05) is 20.2 Å². The van der Waals surface area contributed by atoms with Crippen molar-refractivity contribution in [3.8, 4) is 0 Å². The summed E-state index contributed by atoms with van der Waals surface area (Å²) in [6, 6.07) is -2.20. The van der Waals surface area contributed by atoms with Gasteiger partial charge in [-0.15, -0.1) is 0 Å². The lowest BCUT2D eigenvalue weighted by Crippen LogP contribution is -2.48. The number of H-pyrrole nitrogens is 1. The molecule has 0 amide bonds. The Morgan fingerprint density at radius 1 is 1.23 bits per heavy atom. The number of ether oxygens (including phenoxy) is 1. The summed E-state index contributed by atoms with van der Waals surface area (Å²) < 4.78 is 50.8. The SMILES string of the molecule is COC1c2c(c(=O)[nH]c(=O)n2C2CC2)C(C)=C(F)C1N1CC2CC(F)(F)C(N)C2C1. The molecule has 3 aliphatic carbocycles. The predicted octanol–water partition coefficient (Wildman–Crippen LogP) is 1.56. The zero-order chi connectivity index (χ0) is 21.5. The van der Waals surface area contributed by atoms with Gasteiger partial charge in [-0.3, -0.25) is 19.2 Å². The molecule has 30 heavy (non-hydrogen) atoms. The highest BCUT2D eigenvalue weighted by atomic mass is 19.3. The zero-order valence-electron chi connectivity index (χ0n) is 16.8. The van der Waals surface area contributed by atoms with Gasteiger partial charge in [0.25, 0.3) is 11.5 Å². The van der Waals surface area contributed by atoms with E-state index in [1.165, 1.54) is 18.6 Å². The molecule has 3 fully saturated rings. The molecular weight excluding hydrogens is 401 g/mol. The number of aromatic amines is 1. The minimum Gasteiger partial charge on any atom is -0.373 e. The van der Waals surface area contributed by atoms with Gasteiger partial charge in [-0.05, 0) is 37.2 Å². The summed E-state index contributed by atoms with van der Waals surface area (Å²) in [4.78, 5) is 29.2. The summed E-state index contributed by atoms with van der Waals surface area (Å²) >= 11 is 0. The summed E-state index contributed by atoms with van der Waals surface area (Å²) in [7, 11) is 1.41. The minimum absolute atomic E-state index is 0.0552. The lowest BCUT2D eigenvalue weighted by Gasteiger charge is -2.39. The second-order valence-electron chi connectivity index (χ2n) is 9.06. The highest BCUT2D eigenvalue weighted by Gasteiger charge is 2.58. The van der Waals surface area contributed by atoms with Gasteiger partial charge in [0.15, 0.2) is 0 Å². The number of hydrogen-bond donors (Lipinski definition) is 2. The maximum atomic E-state index is 15.6. The third-order valence-electron chi connectivity index (χ3n) is 7.29. The molecule has 1 aliphatic heterocycles. The van der Waals surface area contributed by atoms with Gasteiger partial charge >= 0.3 is 5.69 Å². The molecule has 5 atom stereocenters. The monoisotopic (exact) mass is 426 g/mol. The summed E-state index contributed by atoms with van der Waals surface area (Å²) in [5.74, 6) is -4.20. The molecule has 2 saturated carbocycles. The Balaban J connectivity index is 1.60. The molecule has 1 saturated heterocycles. The van der Waals surface area contributed by atoms with Gasteiger partial charge in [-0.1, -0.05) is 0 Å². The highest BCUT2D eigenvalue weighted by molar-refractivity contribution is 5.70. The van der Waals surface area contributed by atoms with Gasteiger partial charge in [0.2, 0.25) is 0 Å². The van der Waals surface area contributed by atoms with Crippen LogP contribution >= 0.6 is 0 Å². The number of rotatable bonds is 3. The molecular formula is C20H25F3N4O3. The molecule has 3 N–H and O–H groups in total. The maximum absolute atomic E-state index is 15.6.